The number of furan rings is 1. The van der Waals surface area contributed by atoms with Gasteiger partial charge in [0, 0.05) is 28.0 Å². The van der Waals surface area contributed by atoms with E-state index in [2.05, 4.69) is 0 Å². The summed E-state index contributed by atoms with van der Waals surface area (Å²) in [6.07, 6.45) is 1.57. The quantitative estimate of drug-likeness (QED) is 0.245. The van der Waals surface area contributed by atoms with Crippen molar-refractivity contribution in [3.8, 4) is 0 Å². The minimum Gasteiger partial charge on any atom is -0.467 e. The SMILES string of the molecule is Cc1cc(C(=O)COC(=O)c2ccc(Cl)cc2[N+](=O)[O-])c(C)n1Cc1ccco1. The van der Waals surface area contributed by atoms with Crippen LogP contribution in [0.4, 0.5) is 5.69 Å². The van der Waals surface area contributed by atoms with Gasteiger partial charge >= 0.3 is 5.97 Å². The lowest BCUT2D eigenvalue weighted by Crippen LogP contribution is -2.16. The van der Waals surface area contributed by atoms with Crippen molar-refractivity contribution in [3.05, 3.63) is 86.1 Å². The molecule has 3 aromatic rings. The van der Waals surface area contributed by atoms with E-state index in [1.165, 1.54) is 12.1 Å². The van der Waals surface area contributed by atoms with Crippen LogP contribution in [0.5, 0.6) is 0 Å². The lowest BCUT2D eigenvalue weighted by Gasteiger charge is -2.08. The number of nitro benzene ring substituents is 1. The number of carbonyl (C=O) groups is 2. The van der Waals surface area contributed by atoms with Crippen LogP contribution in [0.25, 0.3) is 0 Å². The van der Waals surface area contributed by atoms with Crippen molar-refractivity contribution in [2.75, 3.05) is 6.61 Å². The molecule has 3 rings (SSSR count). The van der Waals surface area contributed by atoms with Crippen LogP contribution in [0.3, 0.4) is 0 Å². The predicted octanol–water partition coefficient (Wildman–Crippen LogP) is 4.35. The summed E-state index contributed by atoms with van der Waals surface area (Å²) in [6, 6.07) is 8.92. The van der Waals surface area contributed by atoms with E-state index in [1.807, 2.05) is 17.6 Å². The number of rotatable bonds is 7. The zero-order chi connectivity index (χ0) is 21.1. The van der Waals surface area contributed by atoms with E-state index in [1.54, 1.807) is 25.3 Å². The molecule has 0 saturated heterocycles. The van der Waals surface area contributed by atoms with Crippen molar-refractivity contribution in [2.24, 2.45) is 0 Å². The Morgan fingerprint density at radius 3 is 2.62 bits per heavy atom. The zero-order valence-electron chi connectivity index (χ0n) is 15.7. The number of aryl methyl sites for hydroxylation is 1. The maximum Gasteiger partial charge on any atom is 0.345 e. The number of esters is 1. The van der Waals surface area contributed by atoms with E-state index in [9.17, 15) is 19.7 Å². The number of ketones is 1. The second-order valence-electron chi connectivity index (χ2n) is 6.37. The first-order valence-corrected chi connectivity index (χ1v) is 8.99. The molecule has 150 valence electrons. The molecule has 0 unspecified atom stereocenters. The molecule has 0 aliphatic heterocycles. The van der Waals surface area contributed by atoms with Gasteiger partial charge < -0.3 is 13.7 Å². The molecule has 2 aromatic heterocycles. The van der Waals surface area contributed by atoms with Crippen LogP contribution in [-0.2, 0) is 11.3 Å². The molecule has 0 radical (unpaired) electrons. The molecule has 0 aliphatic carbocycles. The summed E-state index contributed by atoms with van der Waals surface area (Å²) in [6.45, 7) is 3.57. The summed E-state index contributed by atoms with van der Waals surface area (Å²) in [5.74, 6) is -0.632. The summed E-state index contributed by atoms with van der Waals surface area (Å²) in [4.78, 5) is 35.2. The molecule has 9 heteroatoms. The normalized spacial score (nSPS) is 10.7. The number of carbonyl (C=O) groups excluding carboxylic acids is 2. The number of nitro groups is 1. The van der Waals surface area contributed by atoms with Gasteiger partial charge in [-0.25, -0.2) is 4.79 Å². The fourth-order valence-electron chi connectivity index (χ4n) is 3.00. The van der Waals surface area contributed by atoms with Crippen LogP contribution in [0, 0.1) is 24.0 Å². The van der Waals surface area contributed by atoms with E-state index >= 15 is 0 Å². The summed E-state index contributed by atoms with van der Waals surface area (Å²) in [5.41, 5.74) is 1.22. The van der Waals surface area contributed by atoms with E-state index in [-0.39, 0.29) is 10.6 Å². The molecule has 0 atom stereocenters. The van der Waals surface area contributed by atoms with Gasteiger partial charge in [0.1, 0.15) is 11.3 Å². The number of benzene rings is 1. The summed E-state index contributed by atoms with van der Waals surface area (Å²) >= 11 is 5.74. The number of nitrogens with zero attached hydrogens (tertiary/aromatic N) is 2. The Morgan fingerprint density at radius 1 is 1.21 bits per heavy atom. The molecular formula is C20H17ClN2O6. The van der Waals surface area contributed by atoms with Gasteiger partial charge in [0.2, 0.25) is 5.78 Å². The van der Waals surface area contributed by atoms with Crippen molar-refractivity contribution in [3.63, 3.8) is 0 Å². The highest BCUT2D eigenvalue weighted by atomic mass is 35.5. The third kappa shape index (κ3) is 4.38. The van der Waals surface area contributed by atoms with Crippen LogP contribution < -0.4 is 0 Å². The van der Waals surface area contributed by atoms with Crippen LogP contribution in [0.1, 0.15) is 37.9 Å². The number of hydrogen-bond donors (Lipinski definition) is 0. The van der Waals surface area contributed by atoms with Crippen molar-refractivity contribution < 1.29 is 23.7 Å². The lowest BCUT2D eigenvalue weighted by atomic mass is 10.1. The van der Waals surface area contributed by atoms with Gasteiger partial charge in [-0.3, -0.25) is 14.9 Å². The first-order chi connectivity index (χ1) is 13.8. The van der Waals surface area contributed by atoms with E-state index < -0.39 is 29.0 Å². The number of ether oxygens (including phenoxy) is 1. The molecular weight excluding hydrogens is 400 g/mol. The Bertz CT molecular complexity index is 1080. The maximum absolute atomic E-state index is 12.6. The molecule has 1 aromatic carbocycles. The maximum atomic E-state index is 12.6. The average molecular weight is 417 g/mol. The Kier molecular flexibility index (Phi) is 5.84. The number of Topliss-reactive ketones (excluding diaryl/α,β-unsaturated/α-hetero) is 1. The Balaban J connectivity index is 1.73. The molecule has 0 aliphatic rings. The molecule has 0 N–H and O–H groups in total. The van der Waals surface area contributed by atoms with Crippen LogP contribution in [0.15, 0.2) is 47.1 Å². The molecule has 29 heavy (non-hydrogen) atoms. The lowest BCUT2D eigenvalue weighted by molar-refractivity contribution is -0.385. The van der Waals surface area contributed by atoms with Gasteiger partial charge in [-0.05, 0) is 44.2 Å². The number of hydrogen-bond acceptors (Lipinski definition) is 6. The van der Waals surface area contributed by atoms with Crippen molar-refractivity contribution in [1.82, 2.24) is 4.57 Å². The van der Waals surface area contributed by atoms with Gasteiger partial charge in [-0.15, -0.1) is 0 Å². The Morgan fingerprint density at radius 2 is 1.97 bits per heavy atom. The third-order valence-corrected chi connectivity index (χ3v) is 4.71. The van der Waals surface area contributed by atoms with Gasteiger partial charge in [-0.1, -0.05) is 11.6 Å². The van der Waals surface area contributed by atoms with Gasteiger partial charge in [-0.2, -0.15) is 0 Å². The van der Waals surface area contributed by atoms with Crippen molar-refractivity contribution in [1.29, 1.82) is 0 Å². The summed E-state index contributed by atoms with van der Waals surface area (Å²) < 4.78 is 12.3. The van der Waals surface area contributed by atoms with Crippen LogP contribution in [0.2, 0.25) is 5.02 Å². The monoisotopic (exact) mass is 416 g/mol. The van der Waals surface area contributed by atoms with Crippen LogP contribution >= 0.6 is 11.6 Å². The minimum atomic E-state index is -0.967. The van der Waals surface area contributed by atoms with E-state index in [0.717, 1.165) is 17.5 Å². The molecule has 0 spiro atoms. The van der Waals surface area contributed by atoms with Crippen molar-refractivity contribution in [2.45, 2.75) is 20.4 Å². The fourth-order valence-corrected chi connectivity index (χ4v) is 3.17. The fraction of sp³-hybridized carbons (Fsp3) is 0.200. The van der Waals surface area contributed by atoms with Gasteiger partial charge in [0.25, 0.3) is 5.69 Å². The standard InChI is InChI=1S/C20H17ClN2O6/c1-12-8-17(13(2)22(12)10-15-4-3-7-28-15)19(24)11-29-20(25)16-6-5-14(21)9-18(16)23(26)27/h3-9H,10-11H2,1-2H3. The molecule has 8 nitrogen and oxygen atoms in total. The predicted molar refractivity (Wildman–Crippen MR) is 104 cm³/mol. The van der Waals surface area contributed by atoms with E-state index in [0.29, 0.717) is 17.8 Å². The van der Waals surface area contributed by atoms with Crippen LogP contribution in [-0.4, -0.2) is 27.8 Å². The highest BCUT2D eigenvalue weighted by Crippen LogP contribution is 2.24. The molecule has 0 saturated carbocycles. The first kappa shape index (κ1) is 20.3. The largest absolute Gasteiger partial charge is 0.467 e. The third-order valence-electron chi connectivity index (χ3n) is 4.48. The molecule has 2 heterocycles. The van der Waals surface area contributed by atoms with E-state index in [4.69, 9.17) is 20.8 Å². The number of aromatic nitrogens is 1. The van der Waals surface area contributed by atoms with Gasteiger partial charge in [0.05, 0.1) is 17.7 Å². The molecule has 0 amide bonds. The number of halogens is 1. The topological polar surface area (TPSA) is 105 Å². The molecule has 0 fully saturated rings. The Hall–Kier alpha value is -3.39. The first-order valence-electron chi connectivity index (χ1n) is 8.61. The summed E-state index contributed by atoms with van der Waals surface area (Å²) in [7, 11) is 0. The smallest absolute Gasteiger partial charge is 0.345 e. The highest BCUT2D eigenvalue weighted by Gasteiger charge is 2.24. The second kappa shape index (κ2) is 8.32. The Labute approximate surface area is 170 Å². The highest BCUT2D eigenvalue weighted by molar-refractivity contribution is 6.31. The average Bonchev–Trinajstić information content (AvgIpc) is 3.29. The summed E-state index contributed by atoms with van der Waals surface area (Å²) in [5, 5.41) is 11.2. The van der Waals surface area contributed by atoms with Crippen molar-refractivity contribution >= 4 is 29.0 Å². The zero-order valence-corrected chi connectivity index (χ0v) is 16.4. The minimum absolute atomic E-state index is 0.119. The molecule has 0 bridgehead atoms. The second-order valence-corrected chi connectivity index (χ2v) is 6.80. The van der Waals surface area contributed by atoms with Gasteiger partial charge in [0.15, 0.2) is 6.61 Å².